The van der Waals surface area contributed by atoms with Gasteiger partial charge in [-0.05, 0) is 54.9 Å². The smallest absolute Gasteiger partial charge is 0.125 e. The molecule has 0 aliphatic heterocycles. The van der Waals surface area contributed by atoms with Crippen LogP contribution in [0.3, 0.4) is 0 Å². The van der Waals surface area contributed by atoms with Crippen LogP contribution in [0.15, 0.2) is 42.5 Å². The third-order valence-corrected chi connectivity index (χ3v) is 4.48. The lowest BCUT2D eigenvalue weighted by molar-refractivity contribution is 0.146. The van der Waals surface area contributed by atoms with Crippen molar-refractivity contribution < 1.29 is 9.84 Å². The monoisotopic (exact) mass is 282 g/mol. The van der Waals surface area contributed by atoms with Gasteiger partial charge in [0.05, 0.1) is 13.2 Å². The van der Waals surface area contributed by atoms with Gasteiger partial charge in [-0.3, -0.25) is 0 Å². The number of benzene rings is 2. The molecule has 2 aromatic carbocycles. The summed E-state index contributed by atoms with van der Waals surface area (Å²) in [6.07, 6.45) is 0.590. The molecule has 3 rings (SSSR count). The minimum absolute atomic E-state index is 0.294. The number of aliphatic hydroxyl groups is 1. The fourth-order valence-corrected chi connectivity index (χ4v) is 3.35. The summed E-state index contributed by atoms with van der Waals surface area (Å²) in [5.41, 5.74) is 4.55. The van der Waals surface area contributed by atoms with Crippen LogP contribution in [0.4, 0.5) is 0 Å². The maximum atomic E-state index is 10.8. The molecule has 0 saturated heterocycles. The Balaban J connectivity index is 1.86. The standard InChI is InChI=1S/C19H22O2/c1-12-9-13(2)18(17(10-12)21-3)19(20)16-11-15(16)14-7-5-4-6-8-14/h4-10,15-16,19-20H,11H2,1-3H3. The summed E-state index contributed by atoms with van der Waals surface area (Å²) in [5, 5.41) is 10.8. The number of aryl methyl sites for hydroxylation is 2. The van der Waals surface area contributed by atoms with Gasteiger partial charge in [0.25, 0.3) is 0 Å². The van der Waals surface area contributed by atoms with Crippen LogP contribution in [0, 0.1) is 19.8 Å². The maximum Gasteiger partial charge on any atom is 0.125 e. The van der Waals surface area contributed by atoms with E-state index in [0.29, 0.717) is 11.8 Å². The van der Waals surface area contributed by atoms with Crippen molar-refractivity contribution in [1.29, 1.82) is 0 Å². The summed E-state index contributed by atoms with van der Waals surface area (Å²) in [6, 6.07) is 14.6. The molecule has 110 valence electrons. The number of hydrogen-bond acceptors (Lipinski definition) is 2. The van der Waals surface area contributed by atoms with Gasteiger partial charge in [-0.15, -0.1) is 0 Å². The summed E-state index contributed by atoms with van der Waals surface area (Å²) in [6.45, 7) is 4.10. The molecule has 1 aliphatic carbocycles. The Kier molecular flexibility index (Phi) is 3.73. The number of aliphatic hydroxyl groups excluding tert-OH is 1. The highest BCUT2D eigenvalue weighted by molar-refractivity contribution is 5.46. The van der Waals surface area contributed by atoms with Crippen LogP contribution < -0.4 is 4.74 Å². The molecule has 21 heavy (non-hydrogen) atoms. The molecule has 0 bridgehead atoms. The van der Waals surface area contributed by atoms with E-state index in [1.54, 1.807) is 7.11 Å². The number of methoxy groups -OCH3 is 1. The summed E-state index contributed by atoms with van der Waals surface area (Å²) >= 11 is 0. The van der Waals surface area contributed by atoms with E-state index in [1.807, 2.05) is 19.1 Å². The van der Waals surface area contributed by atoms with E-state index in [2.05, 4.69) is 37.3 Å². The van der Waals surface area contributed by atoms with E-state index >= 15 is 0 Å². The van der Waals surface area contributed by atoms with Gasteiger partial charge in [0.1, 0.15) is 5.75 Å². The first kappa shape index (κ1) is 14.2. The molecule has 1 saturated carbocycles. The second kappa shape index (κ2) is 5.53. The van der Waals surface area contributed by atoms with Crippen molar-refractivity contribution >= 4 is 0 Å². The average Bonchev–Trinajstić information content (AvgIpc) is 3.27. The minimum Gasteiger partial charge on any atom is -0.496 e. The van der Waals surface area contributed by atoms with Gasteiger partial charge in [-0.1, -0.05) is 36.4 Å². The molecule has 0 aromatic heterocycles. The van der Waals surface area contributed by atoms with Crippen molar-refractivity contribution in [2.75, 3.05) is 7.11 Å². The van der Waals surface area contributed by atoms with Crippen LogP contribution in [-0.2, 0) is 0 Å². The molecule has 1 aliphatic rings. The van der Waals surface area contributed by atoms with E-state index in [4.69, 9.17) is 4.74 Å². The summed E-state index contributed by atoms with van der Waals surface area (Å²) in [5.74, 6) is 1.56. The zero-order valence-electron chi connectivity index (χ0n) is 12.8. The largest absolute Gasteiger partial charge is 0.496 e. The molecule has 0 heterocycles. The van der Waals surface area contributed by atoms with Crippen LogP contribution in [0.25, 0.3) is 0 Å². The molecule has 0 radical (unpaired) electrons. The third kappa shape index (κ3) is 2.68. The Hall–Kier alpha value is -1.80. The molecule has 2 heteroatoms. The Morgan fingerprint density at radius 3 is 2.52 bits per heavy atom. The average molecular weight is 282 g/mol. The first-order valence-electron chi connectivity index (χ1n) is 7.50. The molecule has 0 spiro atoms. The second-order valence-corrected chi connectivity index (χ2v) is 6.06. The first-order chi connectivity index (χ1) is 10.1. The topological polar surface area (TPSA) is 29.5 Å². The number of hydrogen-bond donors (Lipinski definition) is 1. The van der Waals surface area contributed by atoms with Crippen LogP contribution in [-0.4, -0.2) is 12.2 Å². The number of rotatable bonds is 4. The molecular weight excluding hydrogens is 260 g/mol. The molecule has 2 aromatic rings. The fourth-order valence-electron chi connectivity index (χ4n) is 3.35. The summed E-state index contributed by atoms with van der Waals surface area (Å²) in [7, 11) is 1.67. The van der Waals surface area contributed by atoms with Crippen LogP contribution in [0.1, 0.15) is 40.7 Å². The van der Waals surface area contributed by atoms with Gasteiger partial charge >= 0.3 is 0 Å². The third-order valence-electron chi connectivity index (χ3n) is 4.48. The maximum absolute atomic E-state index is 10.8. The van der Waals surface area contributed by atoms with Gasteiger partial charge in [0, 0.05) is 5.56 Å². The minimum atomic E-state index is -0.453. The first-order valence-corrected chi connectivity index (χ1v) is 7.50. The summed E-state index contributed by atoms with van der Waals surface area (Å²) in [4.78, 5) is 0. The second-order valence-electron chi connectivity index (χ2n) is 6.06. The van der Waals surface area contributed by atoms with Crippen molar-refractivity contribution in [3.05, 3.63) is 64.7 Å². The van der Waals surface area contributed by atoms with Crippen LogP contribution >= 0.6 is 0 Å². The Labute approximate surface area is 126 Å². The predicted molar refractivity (Wildman–Crippen MR) is 84.7 cm³/mol. The molecule has 1 N–H and O–H groups in total. The predicted octanol–water partition coefficient (Wildman–Crippen LogP) is 4.15. The van der Waals surface area contributed by atoms with E-state index in [9.17, 15) is 5.11 Å². The van der Waals surface area contributed by atoms with Gasteiger partial charge in [-0.2, -0.15) is 0 Å². The lowest BCUT2D eigenvalue weighted by Gasteiger charge is -2.18. The molecule has 0 amide bonds. The SMILES string of the molecule is COc1cc(C)cc(C)c1C(O)C1CC1c1ccccc1. The lowest BCUT2D eigenvalue weighted by atomic mass is 9.95. The van der Waals surface area contributed by atoms with E-state index in [-0.39, 0.29) is 0 Å². The normalized spacial score (nSPS) is 21.9. The Morgan fingerprint density at radius 1 is 1.14 bits per heavy atom. The molecule has 3 unspecified atom stereocenters. The molecule has 2 nitrogen and oxygen atoms in total. The quantitative estimate of drug-likeness (QED) is 0.913. The van der Waals surface area contributed by atoms with E-state index in [0.717, 1.165) is 28.9 Å². The van der Waals surface area contributed by atoms with Crippen molar-refractivity contribution in [3.63, 3.8) is 0 Å². The van der Waals surface area contributed by atoms with E-state index in [1.165, 1.54) is 5.56 Å². The van der Waals surface area contributed by atoms with Gasteiger partial charge in [0.15, 0.2) is 0 Å². The number of ether oxygens (including phenoxy) is 1. The summed E-state index contributed by atoms with van der Waals surface area (Å²) < 4.78 is 5.49. The van der Waals surface area contributed by atoms with Gasteiger partial charge < -0.3 is 9.84 Å². The van der Waals surface area contributed by atoms with E-state index < -0.39 is 6.10 Å². The van der Waals surface area contributed by atoms with Gasteiger partial charge in [-0.25, -0.2) is 0 Å². The Bertz CT molecular complexity index is 634. The van der Waals surface area contributed by atoms with Crippen LogP contribution in [0.5, 0.6) is 5.75 Å². The lowest BCUT2D eigenvalue weighted by Crippen LogP contribution is -2.07. The Morgan fingerprint density at radius 2 is 1.86 bits per heavy atom. The zero-order valence-corrected chi connectivity index (χ0v) is 12.8. The van der Waals surface area contributed by atoms with Gasteiger partial charge in [0.2, 0.25) is 0 Å². The highest BCUT2D eigenvalue weighted by atomic mass is 16.5. The fraction of sp³-hybridized carbons (Fsp3) is 0.368. The zero-order chi connectivity index (χ0) is 15.0. The molecular formula is C19H22O2. The van der Waals surface area contributed by atoms with Crippen molar-refractivity contribution in [1.82, 2.24) is 0 Å². The highest BCUT2D eigenvalue weighted by Crippen LogP contribution is 2.55. The van der Waals surface area contributed by atoms with Crippen LogP contribution in [0.2, 0.25) is 0 Å². The van der Waals surface area contributed by atoms with Crippen molar-refractivity contribution in [2.24, 2.45) is 5.92 Å². The highest BCUT2D eigenvalue weighted by Gasteiger charge is 2.44. The molecule has 1 fully saturated rings. The van der Waals surface area contributed by atoms with Crippen molar-refractivity contribution in [2.45, 2.75) is 32.3 Å². The van der Waals surface area contributed by atoms with Crippen molar-refractivity contribution in [3.8, 4) is 5.75 Å². The molecule has 3 atom stereocenters.